The molecule has 2 heterocycles. The van der Waals surface area contributed by atoms with E-state index < -0.39 is 5.97 Å². The van der Waals surface area contributed by atoms with Crippen molar-refractivity contribution in [2.24, 2.45) is 0 Å². The van der Waals surface area contributed by atoms with Crippen molar-refractivity contribution < 1.29 is 23.7 Å². The molecule has 44 heavy (non-hydrogen) atoms. The molecule has 0 unspecified atom stereocenters. The van der Waals surface area contributed by atoms with Crippen LogP contribution in [0.15, 0.2) is 109 Å². The summed E-state index contributed by atoms with van der Waals surface area (Å²) in [7, 11) is 4.01. The zero-order valence-corrected chi connectivity index (χ0v) is 24.9. The van der Waals surface area contributed by atoms with E-state index in [0.717, 1.165) is 33.5 Å². The van der Waals surface area contributed by atoms with Crippen molar-refractivity contribution in [3.63, 3.8) is 0 Å². The summed E-state index contributed by atoms with van der Waals surface area (Å²) in [6.07, 6.45) is 0. The molecule has 0 saturated heterocycles. The zero-order chi connectivity index (χ0) is 30.3. The quantitative estimate of drug-likeness (QED) is 0.158. The van der Waals surface area contributed by atoms with Crippen molar-refractivity contribution >= 4 is 11.7 Å². The summed E-state index contributed by atoms with van der Waals surface area (Å²) in [5.74, 6) is -0.0783. The second-order valence-electron chi connectivity index (χ2n) is 10.8. The van der Waals surface area contributed by atoms with Gasteiger partial charge >= 0.3 is 5.97 Å². The zero-order valence-electron chi connectivity index (χ0n) is 24.9. The third-order valence-corrected chi connectivity index (χ3v) is 7.44. The van der Waals surface area contributed by atoms with E-state index in [9.17, 15) is 4.79 Å². The predicted molar refractivity (Wildman–Crippen MR) is 170 cm³/mol. The molecule has 1 aliphatic heterocycles. The molecular formula is C37H34N2O5. The summed E-state index contributed by atoms with van der Waals surface area (Å²) >= 11 is 0. The lowest BCUT2D eigenvalue weighted by atomic mass is 9.98. The van der Waals surface area contributed by atoms with Gasteiger partial charge in [-0.3, -0.25) is 0 Å². The number of nitrogens with zero attached hydrogens (tertiary/aromatic N) is 2. The molecule has 1 aliphatic rings. The molecule has 4 aromatic carbocycles. The molecule has 0 atom stereocenters. The van der Waals surface area contributed by atoms with Crippen LogP contribution in [0, 0.1) is 0 Å². The molecule has 6 rings (SSSR count). The molecule has 0 N–H and O–H groups in total. The van der Waals surface area contributed by atoms with E-state index in [0.29, 0.717) is 23.6 Å². The Bertz CT molecular complexity index is 1720. The van der Waals surface area contributed by atoms with Crippen LogP contribution >= 0.6 is 0 Å². The summed E-state index contributed by atoms with van der Waals surface area (Å²) in [4.78, 5) is 21.0. The van der Waals surface area contributed by atoms with E-state index in [1.165, 1.54) is 0 Å². The van der Waals surface area contributed by atoms with Crippen LogP contribution in [0.2, 0.25) is 0 Å². The molecule has 0 radical (unpaired) electrons. The Hall–Kier alpha value is -5.14. The highest BCUT2D eigenvalue weighted by Crippen LogP contribution is 2.42. The van der Waals surface area contributed by atoms with Crippen molar-refractivity contribution in [3.05, 3.63) is 143 Å². The third-order valence-electron chi connectivity index (χ3n) is 7.44. The predicted octanol–water partition coefficient (Wildman–Crippen LogP) is 7.36. The Morgan fingerprint density at radius 2 is 1.34 bits per heavy atom. The highest BCUT2D eigenvalue weighted by molar-refractivity contribution is 5.97. The van der Waals surface area contributed by atoms with E-state index in [-0.39, 0.29) is 37.9 Å². The number of fused-ring (bicyclic) bond motifs is 3. The van der Waals surface area contributed by atoms with Crippen LogP contribution < -0.4 is 14.4 Å². The minimum absolute atomic E-state index is 0.0969. The van der Waals surface area contributed by atoms with Gasteiger partial charge in [0.1, 0.15) is 25.6 Å². The molecule has 0 bridgehead atoms. The fourth-order valence-corrected chi connectivity index (χ4v) is 5.10. The second kappa shape index (κ2) is 13.4. The van der Waals surface area contributed by atoms with Crippen LogP contribution in [0.25, 0.3) is 11.3 Å². The Morgan fingerprint density at radius 3 is 1.95 bits per heavy atom. The normalized spacial score (nSPS) is 12.0. The highest BCUT2D eigenvalue weighted by Gasteiger charge is 2.31. The van der Waals surface area contributed by atoms with Crippen LogP contribution in [-0.4, -0.2) is 25.0 Å². The number of esters is 1. The van der Waals surface area contributed by atoms with Crippen LogP contribution in [0.1, 0.15) is 38.2 Å². The summed E-state index contributed by atoms with van der Waals surface area (Å²) < 4.78 is 24.9. The molecule has 0 amide bonds. The van der Waals surface area contributed by atoms with Crippen LogP contribution in [-0.2, 0) is 42.5 Å². The lowest BCUT2D eigenvalue weighted by molar-refractivity contribution is 0.0459. The summed E-state index contributed by atoms with van der Waals surface area (Å²) in [5.41, 5.74) is 7.20. The molecule has 7 heteroatoms. The average Bonchev–Trinajstić information content (AvgIpc) is 3.25. The number of ether oxygens (including phenoxy) is 4. The van der Waals surface area contributed by atoms with Crippen molar-refractivity contribution in [3.8, 4) is 22.9 Å². The second-order valence-corrected chi connectivity index (χ2v) is 10.8. The molecule has 1 aromatic heterocycles. The lowest BCUT2D eigenvalue weighted by Gasteiger charge is -2.21. The molecular weight excluding hydrogens is 552 g/mol. The van der Waals surface area contributed by atoms with E-state index in [1.54, 1.807) is 0 Å². The van der Waals surface area contributed by atoms with Gasteiger partial charge in [0.05, 0.1) is 18.9 Å². The number of anilines is 1. The van der Waals surface area contributed by atoms with Crippen molar-refractivity contribution in [1.29, 1.82) is 0 Å². The van der Waals surface area contributed by atoms with Crippen molar-refractivity contribution in [1.82, 2.24) is 4.98 Å². The van der Waals surface area contributed by atoms with E-state index in [2.05, 4.69) is 6.07 Å². The fraction of sp³-hybridized carbons (Fsp3) is 0.189. The van der Waals surface area contributed by atoms with Gasteiger partial charge in [-0.25, -0.2) is 9.78 Å². The molecule has 0 aliphatic carbocycles. The van der Waals surface area contributed by atoms with E-state index >= 15 is 0 Å². The van der Waals surface area contributed by atoms with Gasteiger partial charge in [0.2, 0.25) is 5.88 Å². The van der Waals surface area contributed by atoms with Gasteiger partial charge < -0.3 is 23.8 Å². The van der Waals surface area contributed by atoms with Gasteiger partial charge in [-0.1, -0.05) is 97.1 Å². The first-order valence-electron chi connectivity index (χ1n) is 14.6. The van der Waals surface area contributed by atoms with Gasteiger partial charge in [0.25, 0.3) is 0 Å². The van der Waals surface area contributed by atoms with Crippen LogP contribution in [0.5, 0.6) is 11.6 Å². The topological polar surface area (TPSA) is 70.1 Å². The number of aromatic nitrogens is 1. The lowest BCUT2D eigenvalue weighted by Crippen LogP contribution is -2.15. The monoisotopic (exact) mass is 586 g/mol. The van der Waals surface area contributed by atoms with E-state index in [1.807, 2.05) is 122 Å². The molecule has 5 aromatic rings. The van der Waals surface area contributed by atoms with Crippen molar-refractivity contribution in [2.75, 3.05) is 19.0 Å². The number of rotatable bonds is 10. The minimum atomic E-state index is -0.581. The standard InChI is InChI=1S/C37H34N2O5/c1-39(2)30-18-19-31-29(20-30)24-41-25-32-34(31)38-36(43-22-27-14-8-4-9-15-27)33(35(32)42-21-26-12-6-3-7-13-26)37(40)44-23-28-16-10-5-11-17-28/h3-20H,21-25H2,1-2H3. The maximum Gasteiger partial charge on any atom is 0.347 e. The third kappa shape index (κ3) is 6.58. The highest BCUT2D eigenvalue weighted by atomic mass is 16.5. The maximum atomic E-state index is 14.0. The Kier molecular flexibility index (Phi) is 8.85. The summed E-state index contributed by atoms with van der Waals surface area (Å²) in [6, 6.07) is 35.4. The van der Waals surface area contributed by atoms with Gasteiger partial charge in [0.15, 0.2) is 5.56 Å². The molecule has 0 saturated carbocycles. The molecule has 222 valence electrons. The van der Waals surface area contributed by atoms with Gasteiger partial charge in [-0.15, -0.1) is 0 Å². The average molecular weight is 587 g/mol. The van der Waals surface area contributed by atoms with Gasteiger partial charge in [-0.2, -0.15) is 0 Å². The summed E-state index contributed by atoms with van der Waals surface area (Å²) in [5, 5.41) is 0. The fourth-order valence-electron chi connectivity index (χ4n) is 5.10. The Balaban J connectivity index is 1.48. The number of hydrogen-bond acceptors (Lipinski definition) is 7. The smallest absolute Gasteiger partial charge is 0.347 e. The first kappa shape index (κ1) is 29.0. The Morgan fingerprint density at radius 1 is 0.750 bits per heavy atom. The minimum Gasteiger partial charge on any atom is -0.487 e. The maximum absolute atomic E-state index is 14.0. The number of benzene rings is 4. The van der Waals surface area contributed by atoms with Crippen LogP contribution in [0.3, 0.4) is 0 Å². The van der Waals surface area contributed by atoms with Crippen LogP contribution in [0.4, 0.5) is 5.69 Å². The number of pyridine rings is 1. The molecule has 0 fully saturated rings. The van der Waals surface area contributed by atoms with Crippen molar-refractivity contribution in [2.45, 2.75) is 33.0 Å². The summed E-state index contributed by atoms with van der Waals surface area (Å²) in [6.45, 7) is 1.14. The van der Waals surface area contributed by atoms with E-state index in [4.69, 9.17) is 23.9 Å². The number of hydrogen-bond donors (Lipinski definition) is 0. The van der Waals surface area contributed by atoms with Gasteiger partial charge in [0, 0.05) is 30.9 Å². The van der Waals surface area contributed by atoms with Gasteiger partial charge in [-0.05, 0) is 34.4 Å². The first-order valence-corrected chi connectivity index (χ1v) is 14.6. The molecule has 7 nitrogen and oxygen atoms in total. The Labute approximate surface area is 257 Å². The number of carbonyl (C=O) groups excluding carboxylic acids is 1. The number of carbonyl (C=O) groups is 1. The SMILES string of the molecule is CN(C)c1ccc2c(c1)COCc1c-2nc(OCc2ccccc2)c(C(=O)OCc2ccccc2)c1OCc1ccccc1. The molecule has 0 spiro atoms. The largest absolute Gasteiger partial charge is 0.487 e. The first-order chi connectivity index (χ1) is 21.6.